The molecule has 0 aromatic rings. The van der Waals surface area contributed by atoms with Crippen molar-refractivity contribution in [2.45, 2.75) is 19.4 Å². The highest BCUT2D eigenvalue weighted by Crippen LogP contribution is 1.95. The average molecular weight is 230 g/mol. The number of likely N-dealkylation sites (N-methyl/N-ethyl adjacent to an activating group) is 1. The lowest BCUT2D eigenvalue weighted by atomic mass is 10.1. The summed E-state index contributed by atoms with van der Waals surface area (Å²) in [6.07, 6.45) is 0. The first kappa shape index (κ1) is 14.7. The highest BCUT2D eigenvalue weighted by Gasteiger charge is 2.21. The van der Waals surface area contributed by atoms with Crippen molar-refractivity contribution in [2.75, 3.05) is 34.2 Å². The third-order valence-electron chi connectivity index (χ3n) is 2.03. The zero-order valence-electron chi connectivity index (χ0n) is 10.7. The second kappa shape index (κ2) is 5.69. The van der Waals surface area contributed by atoms with Crippen LogP contribution < -0.4 is 11.1 Å². The summed E-state index contributed by atoms with van der Waals surface area (Å²) in [5.41, 5.74) is 4.72. The number of nitrogens with two attached hydrogens (primary N) is 1. The number of nitrogens with one attached hydrogen (secondary N) is 1. The summed E-state index contributed by atoms with van der Waals surface area (Å²) in [6.45, 7) is 4.13. The molecule has 0 aromatic carbocycles. The molecular weight excluding hydrogens is 208 g/mol. The molecule has 0 fully saturated rings. The quantitative estimate of drug-likeness (QED) is 0.680. The van der Waals surface area contributed by atoms with Gasteiger partial charge in [-0.2, -0.15) is 0 Å². The first-order chi connectivity index (χ1) is 7.16. The minimum absolute atomic E-state index is 0.0961. The number of hydrogen-bond donors (Lipinski definition) is 2. The van der Waals surface area contributed by atoms with Crippen LogP contribution in [0.5, 0.6) is 0 Å². The normalized spacial score (nSPS) is 10.9. The highest BCUT2D eigenvalue weighted by atomic mass is 16.2. The van der Waals surface area contributed by atoms with Gasteiger partial charge in [-0.05, 0) is 13.8 Å². The minimum atomic E-state index is -0.885. The van der Waals surface area contributed by atoms with Crippen LogP contribution in [0.15, 0.2) is 0 Å². The molecule has 16 heavy (non-hydrogen) atoms. The van der Waals surface area contributed by atoms with Gasteiger partial charge < -0.3 is 20.9 Å². The fraction of sp³-hybridized carbons (Fsp3) is 0.800. The van der Waals surface area contributed by atoms with E-state index < -0.39 is 5.54 Å². The largest absolute Gasteiger partial charge is 0.353 e. The van der Waals surface area contributed by atoms with Gasteiger partial charge in [0.15, 0.2) is 0 Å². The van der Waals surface area contributed by atoms with E-state index in [1.165, 1.54) is 9.80 Å². The zero-order chi connectivity index (χ0) is 12.9. The molecule has 0 aliphatic rings. The van der Waals surface area contributed by atoms with Crippen molar-refractivity contribution in [3.63, 3.8) is 0 Å². The number of amides is 3. The third-order valence-corrected chi connectivity index (χ3v) is 2.03. The van der Waals surface area contributed by atoms with Crippen LogP contribution in [-0.2, 0) is 4.79 Å². The molecule has 0 radical (unpaired) electrons. The van der Waals surface area contributed by atoms with Crippen LogP contribution in [0.4, 0.5) is 4.79 Å². The summed E-state index contributed by atoms with van der Waals surface area (Å²) in [7, 11) is 5.04. The smallest absolute Gasteiger partial charge is 0.319 e. The standard InChI is InChI=1S/C10H22N4O2/c1-10(2,11)8(15)12-6-7-14(5)9(16)13(3)4/h6-7,11H2,1-5H3,(H,12,15). The lowest BCUT2D eigenvalue weighted by molar-refractivity contribution is -0.125. The molecule has 0 unspecified atom stereocenters. The fourth-order valence-corrected chi connectivity index (χ4v) is 1.00. The number of carbonyl (C=O) groups excluding carboxylic acids is 2. The number of carbonyl (C=O) groups is 2. The van der Waals surface area contributed by atoms with Crippen LogP contribution in [0.25, 0.3) is 0 Å². The molecular formula is C10H22N4O2. The van der Waals surface area contributed by atoms with Gasteiger partial charge in [-0.15, -0.1) is 0 Å². The summed E-state index contributed by atoms with van der Waals surface area (Å²) in [5, 5.41) is 2.67. The minimum Gasteiger partial charge on any atom is -0.353 e. The summed E-state index contributed by atoms with van der Waals surface area (Å²) < 4.78 is 0. The van der Waals surface area contributed by atoms with Crippen molar-refractivity contribution in [1.82, 2.24) is 15.1 Å². The molecule has 6 heteroatoms. The van der Waals surface area contributed by atoms with Crippen LogP contribution in [0.1, 0.15) is 13.8 Å². The Kier molecular flexibility index (Phi) is 5.23. The molecule has 0 rings (SSSR count). The Morgan fingerprint density at radius 2 is 1.75 bits per heavy atom. The molecule has 94 valence electrons. The maximum atomic E-state index is 11.4. The summed E-state index contributed by atoms with van der Waals surface area (Å²) in [6, 6.07) is -0.0961. The predicted molar refractivity (Wildman–Crippen MR) is 63.0 cm³/mol. The Morgan fingerprint density at radius 3 is 2.12 bits per heavy atom. The molecule has 0 heterocycles. The number of urea groups is 1. The monoisotopic (exact) mass is 230 g/mol. The van der Waals surface area contributed by atoms with E-state index in [0.29, 0.717) is 13.1 Å². The van der Waals surface area contributed by atoms with Crippen LogP contribution in [0, 0.1) is 0 Å². The number of rotatable bonds is 4. The molecule has 0 saturated heterocycles. The van der Waals surface area contributed by atoms with Gasteiger partial charge in [0, 0.05) is 34.2 Å². The van der Waals surface area contributed by atoms with E-state index in [9.17, 15) is 9.59 Å². The van der Waals surface area contributed by atoms with E-state index in [1.807, 2.05) is 0 Å². The van der Waals surface area contributed by atoms with Crippen molar-refractivity contribution >= 4 is 11.9 Å². The van der Waals surface area contributed by atoms with Gasteiger partial charge in [0.25, 0.3) is 0 Å². The average Bonchev–Trinajstić information content (AvgIpc) is 2.14. The Bertz CT molecular complexity index is 258. The van der Waals surface area contributed by atoms with Gasteiger partial charge in [0.2, 0.25) is 5.91 Å². The lowest BCUT2D eigenvalue weighted by Gasteiger charge is -2.23. The van der Waals surface area contributed by atoms with E-state index in [2.05, 4.69) is 5.32 Å². The lowest BCUT2D eigenvalue weighted by Crippen LogP contribution is -2.51. The fourth-order valence-electron chi connectivity index (χ4n) is 1.00. The van der Waals surface area contributed by atoms with Crippen molar-refractivity contribution in [2.24, 2.45) is 5.73 Å². The number of nitrogens with zero attached hydrogens (tertiary/aromatic N) is 2. The van der Waals surface area contributed by atoms with E-state index in [4.69, 9.17) is 5.73 Å². The maximum Gasteiger partial charge on any atom is 0.319 e. The van der Waals surface area contributed by atoms with Crippen molar-refractivity contribution in [3.8, 4) is 0 Å². The Hall–Kier alpha value is -1.30. The third kappa shape index (κ3) is 4.97. The Morgan fingerprint density at radius 1 is 1.25 bits per heavy atom. The molecule has 0 atom stereocenters. The molecule has 0 aliphatic heterocycles. The first-order valence-electron chi connectivity index (χ1n) is 5.16. The second-order valence-corrected chi connectivity index (χ2v) is 4.58. The molecule has 3 amide bonds. The summed E-state index contributed by atoms with van der Waals surface area (Å²) in [4.78, 5) is 25.8. The van der Waals surface area contributed by atoms with Crippen LogP contribution >= 0.6 is 0 Å². The zero-order valence-corrected chi connectivity index (χ0v) is 10.7. The molecule has 0 spiro atoms. The number of hydrogen-bond acceptors (Lipinski definition) is 3. The Balaban J connectivity index is 3.92. The molecule has 0 saturated carbocycles. The van der Waals surface area contributed by atoms with E-state index in [0.717, 1.165) is 0 Å². The van der Waals surface area contributed by atoms with Gasteiger partial charge in [-0.1, -0.05) is 0 Å². The topological polar surface area (TPSA) is 78.7 Å². The SMILES string of the molecule is CN(C)C(=O)N(C)CCNC(=O)C(C)(C)N. The van der Waals surface area contributed by atoms with Crippen LogP contribution in [0.3, 0.4) is 0 Å². The highest BCUT2D eigenvalue weighted by molar-refractivity contribution is 5.85. The first-order valence-corrected chi connectivity index (χ1v) is 5.16. The Labute approximate surface area is 96.8 Å². The molecule has 0 aromatic heterocycles. The predicted octanol–water partition coefficient (Wildman–Crippen LogP) is -0.547. The van der Waals surface area contributed by atoms with Crippen LogP contribution in [0.2, 0.25) is 0 Å². The van der Waals surface area contributed by atoms with E-state index in [1.54, 1.807) is 35.0 Å². The van der Waals surface area contributed by atoms with Crippen molar-refractivity contribution in [3.05, 3.63) is 0 Å². The summed E-state index contributed by atoms with van der Waals surface area (Å²) >= 11 is 0. The molecule has 6 nitrogen and oxygen atoms in total. The van der Waals surface area contributed by atoms with E-state index in [-0.39, 0.29) is 11.9 Å². The van der Waals surface area contributed by atoms with Gasteiger partial charge in [0.05, 0.1) is 5.54 Å². The van der Waals surface area contributed by atoms with E-state index >= 15 is 0 Å². The van der Waals surface area contributed by atoms with Crippen LogP contribution in [-0.4, -0.2) is 61.5 Å². The maximum absolute atomic E-state index is 11.4. The molecule has 0 aliphatic carbocycles. The molecule has 3 N–H and O–H groups in total. The van der Waals surface area contributed by atoms with Gasteiger partial charge >= 0.3 is 6.03 Å². The van der Waals surface area contributed by atoms with Gasteiger partial charge in [-0.25, -0.2) is 4.79 Å². The van der Waals surface area contributed by atoms with Crippen molar-refractivity contribution in [1.29, 1.82) is 0 Å². The molecule has 0 bridgehead atoms. The van der Waals surface area contributed by atoms with Gasteiger partial charge in [-0.3, -0.25) is 4.79 Å². The van der Waals surface area contributed by atoms with Gasteiger partial charge in [0.1, 0.15) is 0 Å². The van der Waals surface area contributed by atoms with Crippen molar-refractivity contribution < 1.29 is 9.59 Å². The second-order valence-electron chi connectivity index (χ2n) is 4.58. The summed E-state index contributed by atoms with van der Waals surface area (Å²) in [5.74, 6) is -0.224.